The molecule has 0 aliphatic rings. The fourth-order valence-corrected chi connectivity index (χ4v) is 2.72. The number of ether oxygens (including phenoxy) is 1. The van der Waals surface area contributed by atoms with Gasteiger partial charge in [-0.2, -0.15) is 4.98 Å². The van der Waals surface area contributed by atoms with Gasteiger partial charge in [0.2, 0.25) is 5.95 Å². The minimum Gasteiger partial charge on any atom is -0.462 e. The van der Waals surface area contributed by atoms with Gasteiger partial charge in [-0.15, -0.1) is 0 Å². The third-order valence-electron chi connectivity index (χ3n) is 3.95. The highest BCUT2D eigenvalue weighted by molar-refractivity contribution is 6.31. The summed E-state index contributed by atoms with van der Waals surface area (Å²) in [5.41, 5.74) is 3.93. The van der Waals surface area contributed by atoms with E-state index in [2.05, 4.69) is 20.6 Å². The molecule has 7 heteroatoms. The Hall–Kier alpha value is -3.12. The van der Waals surface area contributed by atoms with Crippen molar-refractivity contribution in [2.24, 2.45) is 0 Å². The van der Waals surface area contributed by atoms with Crippen LogP contribution in [0, 0.1) is 13.8 Å². The number of hydrogen-bond donors (Lipinski definition) is 2. The minimum atomic E-state index is -0.338. The molecule has 2 N–H and O–H groups in total. The van der Waals surface area contributed by atoms with Gasteiger partial charge in [-0.25, -0.2) is 9.78 Å². The largest absolute Gasteiger partial charge is 0.462 e. The van der Waals surface area contributed by atoms with Crippen molar-refractivity contribution in [3.8, 4) is 0 Å². The summed E-state index contributed by atoms with van der Waals surface area (Å²) < 4.78 is 4.99. The number of esters is 1. The molecular weight excluding hydrogens is 376 g/mol. The number of carbonyl (C=O) groups is 1. The SMILES string of the molecule is CCOC(=O)c1ccc(Nc2cc(C)nc(Nc3ccc(C)c(Cl)c3)n2)cc1. The number of rotatable bonds is 6. The van der Waals surface area contributed by atoms with Gasteiger partial charge in [0.1, 0.15) is 5.82 Å². The summed E-state index contributed by atoms with van der Waals surface area (Å²) in [5, 5.41) is 7.07. The van der Waals surface area contributed by atoms with E-state index in [0.717, 1.165) is 22.6 Å². The van der Waals surface area contributed by atoms with E-state index in [0.29, 0.717) is 29.0 Å². The summed E-state index contributed by atoms with van der Waals surface area (Å²) in [6, 6.07) is 14.6. The highest BCUT2D eigenvalue weighted by atomic mass is 35.5. The summed E-state index contributed by atoms with van der Waals surface area (Å²) in [7, 11) is 0. The Bertz CT molecular complexity index is 990. The lowest BCUT2D eigenvalue weighted by Crippen LogP contribution is -2.05. The van der Waals surface area contributed by atoms with E-state index in [4.69, 9.17) is 16.3 Å². The van der Waals surface area contributed by atoms with E-state index in [1.54, 1.807) is 31.2 Å². The normalized spacial score (nSPS) is 10.4. The number of hydrogen-bond acceptors (Lipinski definition) is 6. The van der Waals surface area contributed by atoms with Gasteiger partial charge in [-0.05, 0) is 62.7 Å². The van der Waals surface area contributed by atoms with Crippen LogP contribution in [0.15, 0.2) is 48.5 Å². The number of halogens is 1. The molecule has 0 bridgehead atoms. The molecule has 6 nitrogen and oxygen atoms in total. The van der Waals surface area contributed by atoms with Crippen molar-refractivity contribution in [1.29, 1.82) is 0 Å². The number of nitrogens with one attached hydrogen (secondary N) is 2. The van der Waals surface area contributed by atoms with Crippen LogP contribution in [0.3, 0.4) is 0 Å². The Kier molecular flexibility index (Phi) is 6.11. The van der Waals surface area contributed by atoms with Crippen molar-refractivity contribution in [3.05, 3.63) is 70.4 Å². The molecule has 3 aromatic rings. The number of aromatic nitrogens is 2. The van der Waals surface area contributed by atoms with Crippen LogP contribution in [-0.2, 0) is 4.74 Å². The van der Waals surface area contributed by atoms with Crippen LogP contribution in [-0.4, -0.2) is 22.5 Å². The maximum Gasteiger partial charge on any atom is 0.338 e. The molecule has 0 spiro atoms. The first kappa shape index (κ1) is 19.6. The quantitative estimate of drug-likeness (QED) is 0.542. The Morgan fingerprint density at radius 3 is 2.39 bits per heavy atom. The van der Waals surface area contributed by atoms with Crippen LogP contribution >= 0.6 is 11.6 Å². The maximum absolute atomic E-state index is 11.7. The second-order valence-corrected chi connectivity index (χ2v) is 6.64. The summed E-state index contributed by atoms with van der Waals surface area (Å²) in [6.07, 6.45) is 0. The van der Waals surface area contributed by atoms with Gasteiger partial charge in [0.15, 0.2) is 0 Å². The van der Waals surface area contributed by atoms with E-state index in [1.165, 1.54) is 0 Å². The van der Waals surface area contributed by atoms with Gasteiger partial charge in [0, 0.05) is 28.2 Å². The first-order valence-electron chi connectivity index (χ1n) is 8.87. The molecule has 0 aliphatic carbocycles. The molecule has 0 atom stereocenters. The molecule has 28 heavy (non-hydrogen) atoms. The van der Waals surface area contributed by atoms with Crippen molar-refractivity contribution in [2.45, 2.75) is 20.8 Å². The molecule has 0 unspecified atom stereocenters. The van der Waals surface area contributed by atoms with Gasteiger partial charge in [0.25, 0.3) is 0 Å². The second kappa shape index (κ2) is 8.71. The standard InChI is InChI=1S/C21H21ClN4O2/c1-4-28-20(27)15-6-9-16(10-7-15)24-19-11-14(3)23-21(26-19)25-17-8-5-13(2)18(22)12-17/h5-12H,4H2,1-3H3,(H2,23,24,25,26). The predicted molar refractivity (Wildman–Crippen MR) is 112 cm³/mol. The molecule has 0 fully saturated rings. The molecular formula is C21H21ClN4O2. The van der Waals surface area contributed by atoms with Crippen molar-refractivity contribution in [3.63, 3.8) is 0 Å². The Balaban J connectivity index is 1.76. The van der Waals surface area contributed by atoms with E-state index in [1.807, 2.05) is 38.1 Å². The zero-order chi connectivity index (χ0) is 20.1. The third-order valence-corrected chi connectivity index (χ3v) is 4.36. The van der Waals surface area contributed by atoms with Gasteiger partial charge in [-0.3, -0.25) is 0 Å². The predicted octanol–water partition coefficient (Wildman–Crippen LogP) is 5.41. The average Bonchev–Trinajstić information content (AvgIpc) is 2.65. The van der Waals surface area contributed by atoms with Gasteiger partial charge < -0.3 is 15.4 Å². The molecule has 1 heterocycles. The van der Waals surface area contributed by atoms with Crippen LogP contribution in [0.2, 0.25) is 5.02 Å². The average molecular weight is 397 g/mol. The molecule has 0 aliphatic heterocycles. The molecule has 1 aromatic heterocycles. The molecule has 0 radical (unpaired) electrons. The number of anilines is 4. The summed E-state index contributed by atoms with van der Waals surface area (Å²) in [4.78, 5) is 20.7. The van der Waals surface area contributed by atoms with Gasteiger partial charge >= 0.3 is 5.97 Å². The monoisotopic (exact) mass is 396 g/mol. The van der Waals surface area contributed by atoms with Gasteiger partial charge in [0.05, 0.1) is 12.2 Å². The number of aryl methyl sites for hydroxylation is 2. The third kappa shape index (κ3) is 4.98. The van der Waals surface area contributed by atoms with Crippen LogP contribution in [0.4, 0.5) is 23.1 Å². The van der Waals surface area contributed by atoms with Crippen LogP contribution in [0.5, 0.6) is 0 Å². The zero-order valence-electron chi connectivity index (χ0n) is 15.9. The Morgan fingerprint density at radius 1 is 1.00 bits per heavy atom. The van der Waals surface area contributed by atoms with Crippen molar-refractivity contribution >= 4 is 40.7 Å². The topological polar surface area (TPSA) is 76.1 Å². The molecule has 0 saturated heterocycles. The van der Waals surface area contributed by atoms with E-state index < -0.39 is 0 Å². The van der Waals surface area contributed by atoms with E-state index in [-0.39, 0.29) is 5.97 Å². The first-order valence-corrected chi connectivity index (χ1v) is 9.25. The van der Waals surface area contributed by atoms with Gasteiger partial charge in [-0.1, -0.05) is 17.7 Å². The molecule has 0 saturated carbocycles. The summed E-state index contributed by atoms with van der Waals surface area (Å²) >= 11 is 6.18. The summed E-state index contributed by atoms with van der Waals surface area (Å²) in [6.45, 7) is 5.97. The molecule has 0 amide bonds. The van der Waals surface area contributed by atoms with Crippen molar-refractivity contribution < 1.29 is 9.53 Å². The zero-order valence-corrected chi connectivity index (χ0v) is 16.7. The van der Waals surface area contributed by atoms with Crippen LogP contribution in [0.1, 0.15) is 28.5 Å². The lowest BCUT2D eigenvalue weighted by atomic mass is 10.2. The number of nitrogens with zero attached hydrogens (tertiary/aromatic N) is 2. The maximum atomic E-state index is 11.7. The highest BCUT2D eigenvalue weighted by Gasteiger charge is 2.08. The van der Waals surface area contributed by atoms with E-state index in [9.17, 15) is 4.79 Å². The second-order valence-electron chi connectivity index (χ2n) is 6.23. The van der Waals surface area contributed by atoms with Crippen LogP contribution in [0.25, 0.3) is 0 Å². The number of benzene rings is 2. The minimum absolute atomic E-state index is 0.338. The number of carbonyl (C=O) groups excluding carboxylic acids is 1. The first-order chi connectivity index (χ1) is 13.4. The van der Waals surface area contributed by atoms with E-state index >= 15 is 0 Å². The molecule has 2 aromatic carbocycles. The fourth-order valence-electron chi connectivity index (χ4n) is 2.54. The van der Waals surface area contributed by atoms with Crippen LogP contribution < -0.4 is 10.6 Å². The van der Waals surface area contributed by atoms with Crippen molar-refractivity contribution in [1.82, 2.24) is 9.97 Å². The summed E-state index contributed by atoms with van der Waals surface area (Å²) in [5.74, 6) is 0.762. The molecule has 144 valence electrons. The highest BCUT2D eigenvalue weighted by Crippen LogP contribution is 2.23. The van der Waals surface area contributed by atoms with Crippen molar-refractivity contribution in [2.75, 3.05) is 17.2 Å². The lowest BCUT2D eigenvalue weighted by Gasteiger charge is -2.11. The molecule has 3 rings (SSSR count). The lowest BCUT2D eigenvalue weighted by molar-refractivity contribution is 0.0526. The smallest absolute Gasteiger partial charge is 0.338 e. The Labute approximate surface area is 168 Å². The Morgan fingerprint density at radius 2 is 1.71 bits per heavy atom. The fraction of sp³-hybridized carbons (Fsp3) is 0.190.